The van der Waals surface area contributed by atoms with Crippen LogP contribution in [0.1, 0.15) is 34.9 Å². The summed E-state index contributed by atoms with van der Waals surface area (Å²) in [6.07, 6.45) is 1.48. The highest BCUT2D eigenvalue weighted by Crippen LogP contribution is 2.32. The van der Waals surface area contributed by atoms with Gasteiger partial charge in [0.2, 0.25) is 5.91 Å². The Morgan fingerprint density at radius 1 is 1.14 bits per heavy atom. The van der Waals surface area contributed by atoms with Gasteiger partial charge in [-0.1, -0.05) is 35.6 Å². The highest BCUT2D eigenvalue weighted by atomic mass is 32.1. The zero-order valence-electron chi connectivity index (χ0n) is 24.5. The molecule has 2 fully saturated rings. The standard InChI is InChI=1S/C32H38N4O6S2/c37-26-8-7-25(30-29(26)34-31(40)44-30)27(38)20-33-19-22-3-5-23(6-4-22)41-15-13-35-11-9-32(10-12-35)21-36(14-16-42-32)28(39)18-24-2-1-17-43-24/h1-8,17,27,33,37-38H,9-16,18-21H2,(H,34,40). The maximum atomic E-state index is 12.9. The minimum Gasteiger partial charge on any atom is -0.506 e. The number of amides is 1. The summed E-state index contributed by atoms with van der Waals surface area (Å²) in [7, 11) is 0. The normalized spacial score (nSPS) is 17.7. The minimum absolute atomic E-state index is 0.00534. The van der Waals surface area contributed by atoms with Gasteiger partial charge >= 0.3 is 4.87 Å². The van der Waals surface area contributed by atoms with Crippen molar-refractivity contribution >= 4 is 38.8 Å². The number of hydrogen-bond acceptors (Lipinski definition) is 10. The second-order valence-corrected chi connectivity index (χ2v) is 13.5. The van der Waals surface area contributed by atoms with Crippen LogP contribution in [0.5, 0.6) is 11.5 Å². The number of aromatic hydroxyl groups is 1. The lowest BCUT2D eigenvalue weighted by Crippen LogP contribution is -2.58. The van der Waals surface area contributed by atoms with Crippen molar-refractivity contribution in [2.75, 3.05) is 52.5 Å². The molecule has 0 bridgehead atoms. The van der Waals surface area contributed by atoms with Crippen molar-refractivity contribution in [1.29, 1.82) is 0 Å². The van der Waals surface area contributed by atoms with Crippen molar-refractivity contribution in [2.24, 2.45) is 0 Å². The lowest BCUT2D eigenvalue weighted by Gasteiger charge is -2.47. The maximum absolute atomic E-state index is 12.9. The first kappa shape index (κ1) is 30.8. The van der Waals surface area contributed by atoms with Crippen LogP contribution in [0, 0.1) is 0 Å². The second kappa shape index (κ2) is 13.8. The molecule has 1 unspecified atom stereocenters. The quantitative estimate of drug-likeness (QED) is 0.197. The van der Waals surface area contributed by atoms with Crippen molar-refractivity contribution in [3.8, 4) is 11.5 Å². The highest BCUT2D eigenvalue weighted by molar-refractivity contribution is 7.16. The van der Waals surface area contributed by atoms with Crippen LogP contribution < -0.4 is 14.9 Å². The zero-order chi connectivity index (χ0) is 30.5. The third-order valence-electron chi connectivity index (χ3n) is 8.49. The molecule has 44 heavy (non-hydrogen) atoms. The van der Waals surface area contributed by atoms with Crippen molar-refractivity contribution in [3.63, 3.8) is 0 Å². The fourth-order valence-electron chi connectivity index (χ4n) is 5.98. The number of phenolic OH excluding ortho intramolecular Hbond substituents is 1. The predicted octanol–water partition coefficient (Wildman–Crippen LogP) is 3.49. The number of benzene rings is 2. The number of thiazole rings is 1. The Labute approximate surface area is 263 Å². The first-order valence-electron chi connectivity index (χ1n) is 15.0. The molecule has 1 amide bonds. The largest absolute Gasteiger partial charge is 0.506 e. The molecular weight excluding hydrogens is 601 g/mol. The van der Waals surface area contributed by atoms with Crippen LogP contribution in [0.3, 0.4) is 0 Å². The average Bonchev–Trinajstić information content (AvgIpc) is 3.69. The molecular formula is C32H38N4O6S2. The number of likely N-dealkylation sites (tertiary alicyclic amines) is 1. The second-order valence-electron chi connectivity index (χ2n) is 11.5. The molecule has 0 radical (unpaired) electrons. The number of ether oxygens (including phenoxy) is 2. The van der Waals surface area contributed by atoms with E-state index in [1.54, 1.807) is 17.4 Å². The minimum atomic E-state index is -0.820. The topological polar surface area (TPSA) is 127 Å². The first-order chi connectivity index (χ1) is 21.4. The predicted molar refractivity (Wildman–Crippen MR) is 172 cm³/mol. The SMILES string of the molecule is O=C(Cc1cccs1)N1CCOC2(CCN(CCOc3ccc(CNCC(O)c4ccc(O)c5[nH]c(=O)sc45)cc3)CC2)C1. The van der Waals surface area contributed by atoms with Gasteiger partial charge in [0.05, 0.1) is 29.4 Å². The van der Waals surface area contributed by atoms with E-state index < -0.39 is 6.10 Å². The summed E-state index contributed by atoms with van der Waals surface area (Å²) in [4.78, 5) is 32.4. The Balaban J connectivity index is 0.900. The molecule has 234 valence electrons. The molecule has 4 N–H and O–H groups in total. The van der Waals surface area contributed by atoms with Gasteiger partial charge in [-0.15, -0.1) is 11.3 Å². The van der Waals surface area contributed by atoms with E-state index in [2.05, 4.69) is 15.2 Å². The number of H-pyrrole nitrogens is 1. The summed E-state index contributed by atoms with van der Waals surface area (Å²) in [6, 6.07) is 15.1. The van der Waals surface area contributed by atoms with Crippen LogP contribution in [-0.4, -0.2) is 89.0 Å². The number of thiophene rings is 1. The lowest BCUT2D eigenvalue weighted by atomic mass is 9.89. The van der Waals surface area contributed by atoms with Gasteiger partial charge in [0.25, 0.3) is 0 Å². The van der Waals surface area contributed by atoms with Crippen molar-refractivity contribution < 1.29 is 24.5 Å². The third kappa shape index (κ3) is 7.33. The Hall–Kier alpha value is -3.26. The maximum Gasteiger partial charge on any atom is 0.305 e. The van der Waals surface area contributed by atoms with E-state index in [4.69, 9.17) is 9.47 Å². The van der Waals surface area contributed by atoms with Gasteiger partial charge in [-0.05, 0) is 48.1 Å². The number of aromatic amines is 1. The Morgan fingerprint density at radius 3 is 2.73 bits per heavy atom. The number of aliphatic hydroxyl groups excluding tert-OH is 1. The summed E-state index contributed by atoms with van der Waals surface area (Å²) >= 11 is 2.61. The zero-order valence-corrected chi connectivity index (χ0v) is 26.1. The molecule has 2 aromatic carbocycles. The number of nitrogens with one attached hydrogen (secondary N) is 2. The summed E-state index contributed by atoms with van der Waals surface area (Å²) < 4.78 is 12.8. The van der Waals surface area contributed by atoms with Crippen molar-refractivity contribution in [1.82, 2.24) is 20.1 Å². The molecule has 2 saturated heterocycles. The van der Waals surface area contributed by atoms with E-state index in [0.29, 0.717) is 61.6 Å². The molecule has 4 aromatic rings. The Kier molecular flexibility index (Phi) is 9.65. The average molecular weight is 639 g/mol. The number of aliphatic hydroxyl groups is 1. The number of morpholine rings is 1. The molecule has 2 aliphatic heterocycles. The molecule has 10 nitrogen and oxygen atoms in total. The van der Waals surface area contributed by atoms with Crippen LogP contribution in [0.25, 0.3) is 10.2 Å². The number of carbonyl (C=O) groups excluding carboxylic acids is 1. The van der Waals surface area contributed by atoms with Crippen LogP contribution in [0.4, 0.5) is 0 Å². The van der Waals surface area contributed by atoms with Crippen LogP contribution in [0.15, 0.2) is 58.7 Å². The van der Waals surface area contributed by atoms with Gasteiger partial charge in [-0.3, -0.25) is 14.5 Å². The summed E-state index contributed by atoms with van der Waals surface area (Å²) in [5.41, 5.74) is 1.79. The van der Waals surface area contributed by atoms with E-state index >= 15 is 0 Å². The van der Waals surface area contributed by atoms with Crippen LogP contribution in [0.2, 0.25) is 0 Å². The number of hydrogen-bond donors (Lipinski definition) is 4. The van der Waals surface area contributed by atoms with Crippen molar-refractivity contribution in [3.05, 3.63) is 79.6 Å². The molecule has 2 aliphatic rings. The van der Waals surface area contributed by atoms with E-state index in [9.17, 15) is 19.8 Å². The number of rotatable bonds is 11. The van der Waals surface area contributed by atoms with E-state index in [0.717, 1.165) is 60.0 Å². The monoisotopic (exact) mass is 638 g/mol. The first-order valence-corrected chi connectivity index (χ1v) is 16.7. The van der Waals surface area contributed by atoms with Gasteiger partial charge in [-0.2, -0.15) is 0 Å². The van der Waals surface area contributed by atoms with Crippen LogP contribution >= 0.6 is 22.7 Å². The molecule has 1 atom stereocenters. The van der Waals surface area contributed by atoms with Crippen molar-refractivity contribution in [2.45, 2.75) is 37.5 Å². The Morgan fingerprint density at radius 2 is 1.95 bits per heavy atom. The van der Waals surface area contributed by atoms with Gasteiger partial charge in [-0.25, -0.2) is 0 Å². The van der Waals surface area contributed by atoms with E-state index in [1.165, 1.54) is 6.07 Å². The number of aromatic nitrogens is 1. The molecule has 0 aliphatic carbocycles. The third-order valence-corrected chi connectivity index (χ3v) is 10.3. The van der Waals surface area contributed by atoms with Gasteiger partial charge in [0, 0.05) is 56.3 Å². The fourth-order valence-corrected chi connectivity index (χ4v) is 7.59. The number of phenols is 1. The smallest absolute Gasteiger partial charge is 0.305 e. The summed E-state index contributed by atoms with van der Waals surface area (Å²) in [5, 5.41) is 25.9. The van der Waals surface area contributed by atoms with Gasteiger partial charge in [0.15, 0.2) is 0 Å². The summed E-state index contributed by atoms with van der Waals surface area (Å²) in [5.74, 6) is 0.999. The number of piperidine rings is 1. The number of carbonyl (C=O) groups is 1. The Bertz CT molecular complexity index is 1600. The molecule has 0 saturated carbocycles. The fraction of sp³-hybridized carbons (Fsp3) is 0.438. The van der Waals surface area contributed by atoms with Gasteiger partial charge < -0.3 is 34.9 Å². The number of nitrogens with zero attached hydrogens (tertiary/aromatic N) is 2. The molecule has 12 heteroatoms. The van der Waals surface area contributed by atoms with E-state index in [1.807, 2.05) is 46.7 Å². The van der Waals surface area contributed by atoms with Crippen LogP contribution in [-0.2, 0) is 22.5 Å². The number of fused-ring (bicyclic) bond motifs is 1. The lowest BCUT2D eigenvalue weighted by molar-refractivity contribution is -0.159. The molecule has 1 spiro atoms. The highest BCUT2D eigenvalue weighted by Gasteiger charge is 2.40. The molecule has 6 rings (SSSR count). The molecule has 4 heterocycles. The van der Waals surface area contributed by atoms with E-state index in [-0.39, 0.29) is 22.1 Å². The molecule has 2 aromatic heterocycles. The van der Waals surface area contributed by atoms with Gasteiger partial charge in [0.1, 0.15) is 23.6 Å². The summed E-state index contributed by atoms with van der Waals surface area (Å²) in [6.45, 7) is 6.09.